The number of nitrogens with zero attached hydrogens (tertiary/aromatic N) is 1. The van der Waals surface area contributed by atoms with Gasteiger partial charge in [0.05, 0.1) is 6.42 Å². The number of likely N-dealkylation sites (tertiary alicyclic amines) is 1. The van der Waals surface area contributed by atoms with E-state index in [0.717, 1.165) is 13.0 Å². The van der Waals surface area contributed by atoms with Gasteiger partial charge in [0.15, 0.2) is 6.23 Å². The monoisotopic (exact) mass is 211 g/mol. The molecule has 0 N–H and O–H groups in total. The average Bonchev–Trinajstić information content (AvgIpc) is 2.82. The van der Waals surface area contributed by atoms with E-state index in [1.54, 1.807) is 0 Å². The zero-order chi connectivity index (χ0) is 10.7. The normalized spacial score (nSPS) is 32.2. The Labute approximate surface area is 91.8 Å². The van der Waals surface area contributed by atoms with Gasteiger partial charge in [-0.2, -0.15) is 0 Å². The van der Waals surface area contributed by atoms with E-state index in [1.807, 2.05) is 0 Å². The molecule has 0 saturated carbocycles. The molecule has 86 valence electrons. The minimum atomic E-state index is -0.0128. The van der Waals surface area contributed by atoms with Crippen molar-refractivity contribution < 1.29 is 9.53 Å². The summed E-state index contributed by atoms with van der Waals surface area (Å²) in [5, 5.41) is 0. The molecule has 2 unspecified atom stereocenters. The van der Waals surface area contributed by atoms with Crippen molar-refractivity contribution in [3.63, 3.8) is 0 Å². The van der Waals surface area contributed by atoms with Crippen molar-refractivity contribution in [1.29, 1.82) is 0 Å². The lowest BCUT2D eigenvalue weighted by atomic mass is 10.1. The summed E-state index contributed by atoms with van der Waals surface area (Å²) in [6.07, 6.45) is 7.99. The number of hydrogen-bond donors (Lipinski definition) is 0. The predicted octanol–water partition coefficient (Wildman–Crippen LogP) is 2.30. The molecule has 0 aromatic heterocycles. The maximum atomic E-state index is 11.1. The van der Waals surface area contributed by atoms with Gasteiger partial charge in [-0.3, -0.25) is 9.69 Å². The molecule has 3 nitrogen and oxygen atoms in total. The van der Waals surface area contributed by atoms with Gasteiger partial charge in [0.25, 0.3) is 0 Å². The third-order valence-electron chi connectivity index (χ3n) is 3.55. The predicted molar refractivity (Wildman–Crippen MR) is 58.4 cm³/mol. The van der Waals surface area contributed by atoms with Gasteiger partial charge in [-0.05, 0) is 19.3 Å². The lowest BCUT2D eigenvalue weighted by Crippen LogP contribution is -2.38. The third-order valence-corrected chi connectivity index (χ3v) is 3.55. The molecule has 0 radical (unpaired) electrons. The molecule has 3 heteroatoms. The molecule has 0 aliphatic carbocycles. The zero-order valence-electron chi connectivity index (χ0n) is 9.58. The minimum Gasteiger partial charge on any atom is -0.446 e. The topological polar surface area (TPSA) is 29.5 Å². The van der Waals surface area contributed by atoms with Crippen LogP contribution >= 0.6 is 0 Å². The second kappa shape index (κ2) is 4.97. The molecule has 0 bridgehead atoms. The fourth-order valence-corrected chi connectivity index (χ4v) is 2.73. The Morgan fingerprint density at radius 2 is 2.33 bits per heavy atom. The number of hydrogen-bond acceptors (Lipinski definition) is 3. The first kappa shape index (κ1) is 10.9. The summed E-state index contributed by atoms with van der Waals surface area (Å²) in [5.74, 6) is -0.0128. The molecular weight excluding hydrogens is 190 g/mol. The van der Waals surface area contributed by atoms with Gasteiger partial charge in [0.1, 0.15) is 0 Å². The fraction of sp³-hybridized carbons (Fsp3) is 0.917. The first-order valence-electron chi connectivity index (χ1n) is 6.26. The van der Waals surface area contributed by atoms with Gasteiger partial charge in [-0.1, -0.05) is 19.8 Å². The van der Waals surface area contributed by atoms with Crippen molar-refractivity contribution >= 4 is 5.97 Å². The number of carbonyl (C=O) groups is 1. The first-order valence-corrected chi connectivity index (χ1v) is 6.26. The van der Waals surface area contributed by atoms with Crippen LogP contribution in [0.25, 0.3) is 0 Å². The zero-order valence-corrected chi connectivity index (χ0v) is 9.58. The molecule has 2 aliphatic rings. The summed E-state index contributed by atoms with van der Waals surface area (Å²) in [7, 11) is 0. The lowest BCUT2D eigenvalue weighted by molar-refractivity contribution is -0.148. The highest BCUT2D eigenvalue weighted by atomic mass is 16.6. The quantitative estimate of drug-likeness (QED) is 0.668. The number of carbonyl (C=O) groups excluding carboxylic acids is 1. The van der Waals surface area contributed by atoms with Crippen molar-refractivity contribution in [3.05, 3.63) is 0 Å². The summed E-state index contributed by atoms with van der Waals surface area (Å²) in [6.45, 7) is 3.35. The van der Waals surface area contributed by atoms with E-state index in [-0.39, 0.29) is 12.2 Å². The summed E-state index contributed by atoms with van der Waals surface area (Å²) >= 11 is 0. The molecule has 2 heterocycles. The molecule has 2 aliphatic heterocycles. The highest BCUT2D eigenvalue weighted by Crippen LogP contribution is 2.29. The van der Waals surface area contributed by atoms with Crippen molar-refractivity contribution in [3.8, 4) is 0 Å². The number of esters is 1. The Morgan fingerprint density at radius 1 is 1.47 bits per heavy atom. The summed E-state index contributed by atoms with van der Waals surface area (Å²) in [6, 6.07) is 0.667. The number of ether oxygens (including phenoxy) is 1. The van der Waals surface area contributed by atoms with E-state index >= 15 is 0 Å². The van der Waals surface area contributed by atoms with Crippen LogP contribution in [-0.4, -0.2) is 29.7 Å². The average molecular weight is 211 g/mol. The van der Waals surface area contributed by atoms with Crippen LogP contribution in [0.1, 0.15) is 51.9 Å². The van der Waals surface area contributed by atoms with E-state index in [0.29, 0.717) is 12.5 Å². The second-order valence-electron chi connectivity index (χ2n) is 4.66. The maximum absolute atomic E-state index is 11.1. The van der Waals surface area contributed by atoms with Gasteiger partial charge < -0.3 is 4.74 Å². The Morgan fingerprint density at radius 3 is 3.00 bits per heavy atom. The molecule has 0 spiro atoms. The van der Waals surface area contributed by atoms with E-state index in [1.165, 1.54) is 32.1 Å². The number of cyclic esters (lactones) is 1. The number of unbranched alkanes of at least 4 members (excludes halogenated alkanes) is 1. The van der Waals surface area contributed by atoms with Crippen LogP contribution in [0.15, 0.2) is 0 Å². The van der Waals surface area contributed by atoms with Crippen LogP contribution in [0, 0.1) is 0 Å². The highest BCUT2D eigenvalue weighted by molar-refractivity contribution is 5.71. The molecule has 15 heavy (non-hydrogen) atoms. The first-order chi connectivity index (χ1) is 7.31. The van der Waals surface area contributed by atoms with Gasteiger partial charge >= 0.3 is 5.97 Å². The standard InChI is InChI=1S/C12H21NO2/c1-2-3-5-10-6-4-9-13(10)11-7-8-12(14)15-11/h10-11H,2-9H2,1H3. The third kappa shape index (κ3) is 2.51. The van der Waals surface area contributed by atoms with E-state index in [9.17, 15) is 4.79 Å². The Bertz CT molecular complexity index is 230. The van der Waals surface area contributed by atoms with Crippen LogP contribution in [-0.2, 0) is 9.53 Å². The van der Waals surface area contributed by atoms with Gasteiger partial charge in [0, 0.05) is 19.0 Å². The summed E-state index contributed by atoms with van der Waals surface area (Å²) in [5.41, 5.74) is 0. The summed E-state index contributed by atoms with van der Waals surface area (Å²) < 4.78 is 5.34. The van der Waals surface area contributed by atoms with E-state index in [2.05, 4.69) is 11.8 Å². The molecule has 0 amide bonds. The van der Waals surface area contributed by atoms with Crippen molar-refractivity contribution in [2.45, 2.75) is 64.1 Å². The van der Waals surface area contributed by atoms with Crippen LogP contribution < -0.4 is 0 Å². The largest absolute Gasteiger partial charge is 0.446 e. The molecule has 0 aromatic rings. The fourth-order valence-electron chi connectivity index (χ4n) is 2.73. The van der Waals surface area contributed by atoms with Gasteiger partial charge in [0.2, 0.25) is 0 Å². The SMILES string of the molecule is CCCCC1CCCN1C1CCC(=O)O1. The van der Waals surface area contributed by atoms with Gasteiger partial charge in [-0.15, -0.1) is 0 Å². The second-order valence-corrected chi connectivity index (χ2v) is 4.66. The minimum absolute atomic E-state index is 0.0128. The molecular formula is C12H21NO2. The highest BCUT2D eigenvalue weighted by Gasteiger charge is 2.35. The van der Waals surface area contributed by atoms with Crippen LogP contribution in [0.2, 0.25) is 0 Å². The van der Waals surface area contributed by atoms with Crippen molar-refractivity contribution in [2.75, 3.05) is 6.54 Å². The van der Waals surface area contributed by atoms with E-state index in [4.69, 9.17) is 4.74 Å². The maximum Gasteiger partial charge on any atom is 0.307 e. The molecule has 2 saturated heterocycles. The van der Waals surface area contributed by atoms with Crippen LogP contribution in [0.5, 0.6) is 0 Å². The van der Waals surface area contributed by atoms with E-state index < -0.39 is 0 Å². The summed E-state index contributed by atoms with van der Waals surface area (Å²) in [4.78, 5) is 13.5. The Balaban J connectivity index is 1.86. The van der Waals surface area contributed by atoms with Crippen molar-refractivity contribution in [1.82, 2.24) is 4.90 Å². The van der Waals surface area contributed by atoms with Crippen LogP contribution in [0.3, 0.4) is 0 Å². The van der Waals surface area contributed by atoms with Crippen molar-refractivity contribution in [2.24, 2.45) is 0 Å². The smallest absolute Gasteiger partial charge is 0.307 e. The molecule has 2 rings (SSSR count). The van der Waals surface area contributed by atoms with Crippen LogP contribution in [0.4, 0.5) is 0 Å². The van der Waals surface area contributed by atoms with Gasteiger partial charge in [-0.25, -0.2) is 0 Å². The molecule has 2 atom stereocenters. The Hall–Kier alpha value is -0.570. The molecule has 0 aromatic carbocycles. The lowest BCUT2D eigenvalue weighted by Gasteiger charge is -2.28. The number of rotatable bonds is 4. The molecule has 2 fully saturated rings. The Kier molecular flexibility index (Phi) is 3.62.